The van der Waals surface area contributed by atoms with Gasteiger partial charge < -0.3 is 4.74 Å². The quantitative estimate of drug-likeness (QED) is 0.814. The molecule has 1 aromatic carbocycles. The van der Waals surface area contributed by atoms with Crippen molar-refractivity contribution in [1.29, 1.82) is 0 Å². The predicted octanol–water partition coefficient (Wildman–Crippen LogP) is 3.33. The van der Waals surface area contributed by atoms with E-state index in [4.69, 9.17) is 4.74 Å². The Morgan fingerprint density at radius 2 is 2.16 bits per heavy atom. The Labute approximate surface area is 120 Å². The van der Waals surface area contributed by atoms with E-state index >= 15 is 0 Å². The van der Waals surface area contributed by atoms with Crippen molar-refractivity contribution >= 4 is 21.9 Å². The highest BCUT2D eigenvalue weighted by atomic mass is 79.9. The minimum absolute atomic E-state index is 0.332. The summed E-state index contributed by atoms with van der Waals surface area (Å²) in [4.78, 5) is 11.7. The molecule has 0 atom stereocenters. The van der Waals surface area contributed by atoms with Crippen LogP contribution in [0.25, 0.3) is 11.3 Å². The van der Waals surface area contributed by atoms with E-state index in [2.05, 4.69) is 21.0 Å². The van der Waals surface area contributed by atoms with Crippen LogP contribution in [-0.2, 0) is 11.8 Å². The summed E-state index contributed by atoms with van der Waals surface area (Å²) in [5.41, 5.74) is 3.39. The molecule has 0 fully saturated rings. The fraction of sp³-hybridized carbons (Fsp3) is 0.286. The third-order valence-corrected chi connectivity index (χ3v) is 3.33. The van der Waals surface area contributed by atoms with Gasteiger partial charge in [-0.2, -0.15) is 5.10 Å². The highest BCUT2D eigenvalue weighted by Crippen LogP contribution is 2.27. The van der Waals surface area contributed by atoms with Crippen LogP contribution >= 0.6 is 15.9 Å². The SMILES string of the molecule is CCOC(=O)c1cc(-c2cc(Br)ccc2C)n(C)n1. The number of carbonyl (C=O) groups is 1. The van der Waals surface area contributed by atoms with Crippen LogP contribution < -0.4 is 0 Å². The molecule has 0 bridgehead atoms. The topological polar surface area (TPSA) is 44.1 Å². The molecule has 0 N–H and O–H groups in total. The molecule has 19 heavy (non-hydrogen) atoms. The highest BCUT2D eigenvalue weighted by molar-refractivity contribution is 9.10. The number of aryl methyl sites for hydroxylation is 2. The molecule has 0 amide bonds. The van der Waals surface area contributed by atoms with Gasteiger partial charge in [-0.05, 0) is 37.6 Å². The van der Waals surface area contributed by atoms with Crippen LogP contribution in [0.2, 0.25) is 0 Å². The van der Waals surface area contributed by atoms with Gasteiger partial charge in [-0.1, -0.05) is 22.0 Å². The Kier molecular flexibility index (Phi) is 4.04. The van der Waals surface area contributed by atoms with Crippen LogP contribution in [0.1, 0.15) is 23.0 Å². The second kappa shape index (κ2) is 5.57. The summed E-state index contributed by atoms with van der Waals surface area (Å²) >= 11 is 3.46. The summed E-state index contributed by atoms with van der Waals surface area (Å²) < 4.78 is 7.65. The van der Waals surface area contributed by atoms with Crippen LogP contribution in [0, 0.1) is 6.92 Å². The molecule has 0 saturated carbocycles. The molecule has 1 heterocycles. The molecule has 1 aromatic heterocycles. The summed E-state index contributed by atoms with van der Waals surface area (Å²) in [6.07, 6.45) is 0. The van der Waals surface area contributed by atoms with Crippen molar-refractivity contribution in [2.45, 2.75) is 13.8 Å². The number of carbonyl (C=O) groups excluding carboxylic acids is 1. The molecule has 0 saturated heterocycles. The van der Waals surface area contributed by atoms with Gasteiger partial charge in [-0.3, -0.25) is 4.68 Å². The summed E-state index contributed by atoms with van der Waals surface area (Å²) in [7, 11) is 1.82. The third-order valence-electron chi connectivity index (χ3n) is 2.84. The molecule has 0 spiro atoms. The zero-order valence-corrected chi connectivity index (χ0v) is 12.7. The Bertz CT molecular complexity index is 620. The number of hydrogen-bond donors (Lipinski definition) is 0. The van der Waals surface area contributed by atoms with E-state index in [-0.39, 0.29) is 0 Å². The Balaban J connectivity index is 2.46. The third kappa shape index (κ3) is 2.87. The molecule has 2 rings (SSSR count). The standard InChI is InChI=1S/C14H15BrN2O2/c1-4-19-14(18)12-8-13(17(3)16-12)11-7-10(15)6-5-9(11)2/h5-8H,4H2,1-3H3. The normalized spacial score (nSPS) is 10.5. The molecular weight excluding hydrogens is 308 g/mol. The molecule has 4 nitrogen and oxygen atoms in total. The van der Waals surface area contributed by atoms with Gasteiger partial charge in [0.2, 0.25) is 0 Å². The first kappa shape index (κ1) is 13.8. The van der Waals surface area contributed by atoms with Gasteiger partial charge in [0, 0.05) is 17.1 Å². The number of halogens is 1. The fourth-order valence-electron chi connectivity index (χ4n) is 1.89. The largest absolute Gasteiger partial charge is 0.461 e. The lowest BCUT2D eigenvalue weighted by Gasteiger charge is -2.06. The Morgan fingerprint density at radius 1 is 1.42 bits per heavy atom. The molecule has 0 aliphatic rings. The number of nitrogens with zero attached hydrogens (tertiary/aromatic N) is 2. The first-order chi connectivity index (χ1) is 9.02. The van der Waals surface area contributed by atoms with E-state index in [1.807, 2.05) is 32.2 Å². The van der Waals surface area contributed by atoms with Crippen LogP contribution in [0.3, 0.4) is 0 Å². The van der Waals surface area contributed by atoms with Gasteiger partial charge in [-0.15, -0.1) is 0 Å². The second-order valence-corrected chi connectivity index (χ2v) is 5.13. The maximum Gasteiger partial charge on any atom is 0.358 e. The van der Waals surface area contributed by atoms with Crippen molar-refractivity contribution < 1.29 is 9.53 Å². The van der Waals surface area contributed by atoms with Crippen LogP contribution in [0.5, 0.6) is 0 Å². The van der Waals surface area contributed by atoms with Crippen molar-refractivity contribution in [2.75, 3.05) is 6.61 Å². The first-order valence-electron chi connectivity index (χ1n) is 6.00. The lowest BCUT2D eigenvalue weighted by atomic mass is 10.1. The van der Waals surface area contributed by atoms with E-state index in [0.29, 0.717) is 12.3 Å². The number of hydrogen-bond acceptors (Lipinski definition) is 3. The molecule has 0 unspecified atom stereocenters. The van der Waals surface area contributed by atoms with Gasteiger partial charge >= 0.3 is 5.97 Å². The van der Waals surface area contributed by atoms with E-state index in [1.54, 1.807) is 17.7 Å². The number of esters is 1. The lowest BCUT2D eigenvalue weighted by Crippen LogP contribution is -2.05. The van der Waals surface area contributed by atoms with Gasteiger partial charge in [0.05, 0.1) is 12.3 Å². The van der Waals surface area contributed by atoms with Gasteiger partial charge in [0.15, 0.2) is 5.69 Å². The average molecular weight is 323 g/mol. The monoisotopic (exact) mass is 322 g/mol. The molecular formula is C14H15BrN2O2. The minimum Gasteiger partial charge on any atom is -0.461 e. The van der Waals surface area contributed by atoms with Crippen molar-refractivity contribution in [1.82, 2.24) is 9.78 Å². The maximum absolute atomic E-state index is 11.7. The molecule has 0 radical (unpaired) electrons. The van der Waals surface area contributed by atoms with E-state index in [0.717, 1.165) is 21.3 Å². The number of benzene rings is 1. The maximum atomic E-state index is 11.7. The summed E-state index contributed by atoms with van der Waals surface area (Å²) in [5, 5.41) is 4.20. The molecule has 0 aliphatic heterocycles. The van der Waals surface area contributed by atoms with Gasteiger partial charge in [0.1, 0.15) is 0 Å². The van der Waals surface area contributed by atoms with E-state index in [9.17, 15) is 4.79 Å². The molecule has 2 aromatic rings. The Hall–Kier alpha value is -1.62. The van der Waals surface area contributed by atoms with Crippen LogP contribution in [0.15, 0.2) is 28.7 Å². The van der Waals surface area contributed by atoms with Crippen molar-refractivity contribution in [3.8, 4) is 11.3 Å². The second-order valence-electron chi connectivity index (χ2n) is 4.22. The van der Waals surface area contributed by atoms with Crippen LogP contribution in [-0.4, -0.2) is 22.4 Å². The zero-order valence-electron chi connectivity index (χ0n) is 11.1. The number of ether oxygens (including phenoxy) is 1. The van der Waals surface area contributed by atoms with Crippen LogP contribution in [0.4, 0.5) is 0 Å². The number of rotatable bonds is 3. The Morgan fingerprint density at radius 3 is 2.84 bits per heavy atom. The van der Waals surface area contributed by atoms with Crippen molar-refractivity contribution in [3.05, 3.63) is 40.0 Å². The zero-order chi connectivity index (χ0) is 14.0. The van der Waals surface area contributed by atoms with E-state index in [1.165, 1.54) is 0 Å². The summed E-state index contributed by atoms with van der Waals surface area (Å²) in [6, 6.07) is 7.78. The molecule has 100 valence electrons. The summed E-state index contributed by atoms with van der Waals surface area (Å²) in [6.45, 7) is 4.15. The number of aromatic nitrogens is 2. The fourth-order valence-corrected chi connectivity index (χ4v) is 2.26. The first-order valence-corrected chi connectivity index (χ1v) is 6.80. The molecule has 5 heteroatoms. The average Bonchev–Trinajstić information content (AvgIpc) is 2.75. The van der Waals surface area contributed by atoms with Crippen molar-refractivity contribution in [2.24, 2.45) is 7.05 Å². The summed E-state index contributed by atoms with van der Waals surface area (Å²) in [5.74, 6) is -0.392. The van der Waals surface area contributed by atoms with Gasteiger partial charge in [0.25, 0.3) is 0 Å². The van der Waals surface area contributed by atoms with Gasteiger partial charge in [-0.25, -0.2) is 4.79 Å². The van der Waals surface area contributed by atoms with Crippen molar-refractivity contribution in [3.63, 3.8) is 0 Å². The lowest BCUT2D eigenvalue weighted by molar-refractivity contribution is 0.0518. The molecule has 0 aliphatic carbocycles. The minimum atomic E-state index is -0.392. The highest BCUT2D eigenvalue weighted by Gasteiger charge is 2.15. The van der Waals surface area contributed by atoms with E-state index < -0.39 is 5.97 Å². The predicted molar refractivity (Wildman–Crippen MR) is 77.0 cm³/mol. The smallest absolute Gasteiger partial charge is 0.358 e.